The molecule has 4 N–H and O–H groups in total. The molecule has 11 nitrogen and oxygen atoms in total. The van der Waals surface area contributed by atoms with Gasteiger partial charge in [-0.25, -0.2) is 0 Å². The predicted octanol–water partition coefficient (Wildman–Crippen LogP) is 5.19. The number of benzene rings is 1. The van der Waals surface area contributed by atoms with Crippen molar-refractivity contribution < 1.29 is 43.7 Å². The third-order valence-corrected chi connectivity index (χ3v) is 13.1. The van der Waals surface area contributed by atoms with Gasteiger partial charge < -0.3 is 25.6 Å². The summed E-state index contributed by atoms with van der Waals surface area (Å²) in [7, 11) is 0. The molecule has 284 valence electrons. The zero-order chi connectivity index (χ0) is 37.5. The molecule has 2 amide bonds. The van der Waals surface area contributed by atoms with Crippen LogP contribution >= 0.6 is 0 Å². The first-order valence-corrected chi connectivity index (χ1v) is 19.2. The largest absolute Gasteiger partial charge is 0.481 e. The summed E-state index contributed by atoms with van der Waals surface area (Å²) in [6, 6.07) is 9.24. The number of ether oxygens (including phenoxy) is 1. The van der Waals surface area contributed by atoms with Crippen LogP contribution in [-0.4, -0.2) is 70.8 Å². The molecular weight excluding hydrogens is 664 g/mol. The normalized spacial score (nSPS) is 29.8. The summed E-state index contributed by atoms with van der Waals surface area (Å²) in [6.07, 6.45) is 9.83. The second-order valence-corrected chi connectivity index (χ2v) is 16.1. The number of esters is 1. The second kappa shape index (κ2) is 16.9. The Labute approximate surface area is 306 Å². The van der Waals surface area contributed by atoms with Crippen molar-refractivity contribution in [2.75, 3.05) is 19.7 Å². The minimum Gasteiger partial charge on any atom is -0.481 e. The van der Waals surface area contributed by atoms with Crippen molar-refractivity contribution in [1.82, 2.24) is 10.6 Å². The van der Waals surface area contributed by atoms with E-state index >= 15 is 0 Å². The van der Waals surface area contributed by atoms with E-state index < -0.39 is 35.3 Å². The van der Waals surface area contributed by atoms with Crippen LogP contribution in [-0.2, 0) is 33.5 Å². The molecular formula is C41H56N2O9. The summed E-state index contributed by atoms with van der Waals surface area (Å²) >= 11 is 0. The van der Waals surface area contributed by atoms with Crippen molar-refractivity contribution in [2.45, 2.75) is 122 Å². The molecule has 4 aliphatic carbocycles. The van der Waals surface area contributed by atoms with Gasteiger partial charge in [-0.3, -0.25) is 28.8 Å². The molecule has 3 saturated carbocycles. The van der Waals surface area contributed by atoms with Crippen molar-refractivity contribution >= 4 is 35.3 Å². The second-order valence-electron chi connectivity index (χ2n) is 16.1. The van der Waals surface area contributed by atoms with Crippen LogP contribution in [0.3, 0.4) is 0 Å². The third kappa shape index (κ3) is 8.67. The van der Waals surface area contributed by atoms with Crippen LogP contribution in [0, 0.1) is 28.6 Å². The van der Waals surface area contributed by atoms with E-state index in [1.54, 1.807) is 0 Å². The Balaban J connectivity index is 0.959. The summed E-state index contributed by atoms with van der Waals surface area (Å²) < 4.78 is 5.28. The fraction of sp³-hybridized carbons (Fsp3) is 0.659. The summed E-state index contributed by atoms with van der Waals surface area (Å²) in [5.41, 5.74) is -0.0198. The molecule has 7 atom stereocenters. The standard InChI is InChI=1S/C41H56N2O9/c1-39-19-16-30(44)24-29(39)12-13-31-32(39)17-20-40(2)33(31)18-21-41(40,51)34(45)26-52-38(50)15-14-36(47)42-22-8-4-7-11-35(46)43-25-28(23-37(48)49)27-9-5-3-6-10-27/h3,5-6,9-10,24,28,31-33,51H,4,7-8,11-23,25-26H2,1-2H3,(H,42,47)(H,43,46)(H,48,49)/t28-,31-,32-,33-,39+,40+,41+/m1/s1. The van der Waals surface area contributed by atoms with Gasteiger partial charge in [0.25, 0.3) is 0 Å². The molecule has 0 aliphatic heterocycles. The number of rotatable bonds is 17. The fourth-order valence-electron chi connectivity index (χ4n) is 10.1. The molecule has 3 fully saturated rings. The van der Waals surface area contributed by atoms with E-state index in [4.69, 9.17) is 4.74 Å². The number of fused-ring (bicyclic) bond motifs is 5. The van der Waals surface area contributed by atoms with Gasteiger partial charge in [0.05, 0.1) is 12.8 Å². The van der Waals surface area contributed by atoms with E-state index in [-0.39, 0.29) is 60.7 Å². The minimum absolute atomic E-state index is 0.00315. The van der Waals surface area contributed by atoms with Crippen molar-refractivity contribution in [2.24, 2.45) is 28.6 Å². The monoisotopic (exact) mass is 720 g/mol. The van der Waals surface area contributed by atoms with Crippen LogP contribution in [0.15, 0.2) is 42.0 Å². The molecule has 4 aliphatic rings. The number of ketones is 2. The van der Waals surface area contributed by atoms with Gasteiger partial charge >= 0.3 is 11.9 Å². The summed E-state index contributed by atoms with van der Waals surface area (Å²) in [5, 5.41) is 26.7. The van der Waals surface area contributed by atoms with Crippen molar-refractivity contribution in [3.05, 3.63) is 47.5 Å². The lowest BCUT2D eigenvalue weighted by molar-refractivity contribution is -0.170. The number of allylic oxidation sites excluding steroid dienone is 1. The zero-order valence-electron chi connectivity index (χ0n) is 30.8. The van der Waals surface area contributed by atoms with Gasteiger partial charge in [-0.05, 0) is 92.6 Å². The van der Waals surface area contributed by atoms with E-state index in [9.17, 15) is 39.0 Å². The molecule has 11 heteroatoms. The Bertz CT molecular complexity index is 1540. The first-order chi connectivity index (χ1) is 24.8. The number of amides is 2. The Morgan fingerprint density at radius 1 is 0.865 bits per heavy atom. The SMILES string of the molecule is C[C@]12CCC(=O)C=C1CC[C@@H]1[C@H]2CC[C@@]2(C)[C@@H]1CC[C@]2(O)C(=O)COC(=O)CCC(=O)NCCCCCC(=O)NC[C@@H](CC(=O)O)c1ccccc1. The van der Waals surface area contributed by atoms with Gasteiger partial charge in [0.2, 0.25) is 17.6 Å². The summed E-state index contributed by atoms with van der Waals surface area (Å²) in [4.78, 5) is 74.0. The van der Waals surface area contributed by atoms with Crippen LogP contribution in [0.2, 0.25) is 0 Å². The van der Waals surface area contributed by atoms with Crippen LogP contribution in [0.25, 0.3) is 0 Å². The highest BCUT2D eigenvalue weighted by Crippen LogP contribution is 2.67. The Hall–Kier alpha value is -3.86. The number of hydrogen-bond donors (Lipinski definition) is 4. The zero-order valence-corrected chi connectivity index (χ0v) is 30.8. The molecule has 0 bridgehead atoms. The van der Waals surface area contributed by atoms with Gasteiger partial charge in [-0.1, -0.05) is 56.2 Å². The van der Waals surface area contributed by atoms with Crippen LogP contribution in [0.1, 0.15) is 122 Å². The van der Waals surface area contributed by atoms with Crippen molar-refractivity contribution in [3.8, 4) is 0 Å². The van der Waals surface area contributed by atoms with Crippen molar-refractivity contribution in [3.63, 3.8) is 0 Å². The Morgan fingerprint density at radius 3 is 2.35 bits per heavy atom. The number of carboxylic acid groups (broad SMARTS) is 1. The molecule has 0 unspecified atom stereocenters. The van der Waals surface area contributed by atoms with Gasteiger partial charge in [0.15, 0.2) is 12.4 Å². The lowest BCUT2D eigenvalue weighted by atomic mass is 9.46. The van der Waals surface area contributed by atoms with Gasteiger partial charge in [0, 0.05) is 43.7 Å². The fourth-order valence-corrected chi connectivity index (χ4v) is 10.1. The van der Waals surface area contributed by atoms with Crippen LogP contribution in [0.5, 0.6) is 0 Å². The molecule has 5 rings (SSSR count). The molecule has 0 saturated heterocycles. The molecule has 52 heavy (non-hydrogen) atoms. The van der Waals surface area contributed by atoms with E-state index in [0.29, 0.717) is 63.3 Å². The first kappa shape index (κ1) is 39.3. The van der Waals surface area contributed by atoms with Crippen molar-refractivity contribution in [1.29, 1.82) is 0 Å². The molecule has 1 aromatic carbocycles. The third-order valence-electron chi connectivity index (χ3n) is 13.1. The van der Waals surface area contributed by atoms with Gasteiger partial charge in [-0.15, -0.1) is 0 Å². The molecule has 0 aromatic heterocycles. The topological polar surface area (TPSA) is 176 Å². The maximum atomic E-state index is 13.5. The number of hydrogen-bond acceptors (Lipinski definition) is 8. The number of carbonyl (C=O) groups excluding carboxylic acids is 5. The minimum atomic E-state index is -1.56. The average Bonchev–Trinajstić information content (AvgIpc) is 3.41. The first-order valence-electron chi connectivity index (χ1n) is 19.2. The number of unbranched alkanes of at least 4 members (excludes halogenated alkanes) is 2. The predicted molar refractivity (Wildman–Crippen MR) is 193 cm³/mol. The van der Waals surface area contributed by atoms with Crippen LogP contribution < -0.4 is 10.6 Å². The van der Waals surface area contributed by atoms with E-state index in [1.807, 2.05) is 43.3 Å². The maximum Gasteiger partial charge on any atom is 0.306 e. The molecule has 1 aromatic rings. The Morgan fingerprint density at radius 2 is 1.60 bits per heavy atom. The summed E-state index contributed by atoms with van der Waals surface area (Å²) in [6.45, 7) is 4.46. The smallest absolute Gasteiger partial charge is 0.306 e. The highest BCUT2D eigenvalue weighted by atomic mass is 16.5. The number of Topliss-reactive ketones (excluding diaryl/α,β-unsaturated/α-hetero) is 1. The number of carboxylic acids is 1. The van der Waals surface area contributed by atoms with Gasteiger partial charge in [0.1, 0.15) is 5.60 Å². The average molecular weight is 721 g/mol. The number of aliphatic hydroxyl groups is 1. The Kier molecular flexibility index (Phi) is 12.8. The number of nitrogens with one attached hydrogen (secondary N) is 2. The quantitative estimate of drug-likeness (QED) is 0.125. The van der Waals surface area contributed by atoms with Crippen LogP contribution in [0.4, 0.5) is 0 Å². The molecule has 0 heterocycles. The highest BCUT2D eigenvalue weighted by molar-refractivity contribution is 5.92. The van der Waals surface area contributed by atoms with Gasteiger partial charge in [-0.2, -0.15) is 0 Å². The molecule has 0 radical (unpaired) electrons. The maximum absolute atomic E-state index is 13.5. The number of carbonyl (C=O) groups is 6. The lowest BCUT2D eigenvalue weighted by Gasteiger charge is -2.58. The van der Waals surface area contributed by atoms with E-state index in [0.717, 1.165) is 37.7 Å². The highest BCUT2D eigenvalue weighted by Gasteiger charge is 2.66. The molecule has 0 spiro atoms. The van der Waals surface area contributed by atoms with E-state index in [2.05, 4.69) is 17.6 Å². The lowest BCUT2D eigenvalue weighted by Crippen LogP contribution is -2.58. The van der Waals surface area contributed by atoms with E-state index in [1.165, 1.54) is 5.57 Å². The summed E-state index contributed by atoms with van der Waals surface area (Å²) in [5.74, 6) is -1.60. The number of aliphatic carboxylic acids is 1.